The number of benzene rings is 1. The van der Waals surface area contributed by atoms with E-state index in [1.54, 1.807) is 6.92 Å². The van der Waals surface area contributed by atoms with Crippen LogP contribution in [0.3, 0.4) is 0 Å². The van der Waals surface area contributed by atoms with E-state index in [1.807, 2.05) is 0 Å². The second kappa shape index (κ2) is 4.55. The van der Waals surface area contributed by atoms with Gasteiger partial charge in [0.2, 0.25) is 5.88 Å². The Kier molecular flexibility index (Phi) is 3.10. The van der Waals surface area contributed by atoms with Gasteiger partial charge in [0.15, 0.2) is 5.15 Å². The number of nitrogen functional groups attached to an aromatic ring is 1. The molecule has 1 aromatic carbocycles. The van der Waals surface area contributed by atoms with Crippen LogP contribution in [0.4, 0.5) is 10.1 Å². The Hall–Kier alpha value is -1.88. The first-order valence-electron chi connectivity index (χ1n) is 4.78. The minimum Gasteiger partial charge on any atom is -0.437 e. The number of ether oxygens (including phenoxy) is 1. The highest BCUT2D eigenvalue weighted by molar-refractivity contribution is 6.32. The molecule has 6 heteroatoms. The van der Waals surface area contributed by atoms with E-state index in [0.717, 1.165) is 0 Å². The van der Waals surface area contributed by atoms with Crippen LogP contribution in [-0.4, -0.2) is 9.97 Å². The van der Waals surface area contributed by atoms with Gasteiger partial charge in [-0.15, -0.1) is 0 Å². The molecular weight excluding hydrogens is 245 g/mol. The zero-order valence-electron chi connectivity index (χ0n) is 8.95. The fraction of sp³-hybridized carbons (Fsp3) is 0.0909. The molecule has 2 N–H and O–H groups in total. The van der Waals surface area contributed by atoms with Gasteiger partial charge in [-0.05, 0) is 30.7 Å². The normalized spacial score (nSPS) is 10.3. The van der Waals surface area contributed by atoms with E-state index >= 15 is 0 Å². The van der Waals surface area contributed by atoms with Crippen LogP contribution in [0.25, 0.3) is 0 Å². The quantitative estimate of drug-likeness (QED) is 0.836. The number of rotatable bonds is 2. The van der Waals surface area contributed by atoms with E-state index in [4.69, 9.17) is 22.1 Å². The van der Waals surface area contributed by atoms with Crippen LogP contribution in [0, 0.1) is 12.7 Å². The summed E-state index contributed by atoms with van der Waals surface area (Å²) in [5, 5.41) is 0.120. The van der Waals surface area contributed by atoms with Gasteiger partial charge in [-0.2, -0.15) is 4.98 Å². The maximum atomic E-state index is 12.9. The van der Waals surface area contributed by atoms with Gasteiger partial charge in [-0.25, -0.2) is 9.37 Å². The zero-order chi connectivity index (χ0) is 12.4. The molecule has 0 saturated heterocycles. The number of aryl methyl sites for hydroxylation is 1. The highest BCUT2D eigenvalue weighted by Crippen LogP contribution is 2.30. The van der Waals surface area contributed by atoms with Gasteiger partial charge in [0.1, 0.15) is 23.6 Å². The number of halogens is 2. The largest absolute Gasteiger partial charge is 0.437 e. The Labute approximate surface area is 102 Å². The molecule has 0 unspecified atom stereocenters. The van der Waals surface area contributed by atoms with Crippen molar-refractivity contribution in [1.29, 1.82) is 0 Å². The van der Waals surface area contributed by atoms with Crippen LogP contribution in [0.2, 0.25) is 5.15 Å². The second-order valence-corrected chi connectivity index (χ2v) is 3.75. The summed E-state index contributed by atoms with van der Waals surface area (Å²) in [6.07, 6.45) is 1.24. The minimum absolute atomic E-state index is 0.120. The van der Waals surface area contributed by atoms with Gasteiger partial charge in [-0.3, -0.25) is 0 Å². The van der Waals surface area contributed by atoms with Gasteiger partial charge in [0, 0.05) is 0 Å². The van der Waals surface area contributed by atoms with Gasteiger partial charge in [0.25, 0.3) is 0 Å². The first kappa shape index (κ1) is 11.6. The third-order valence-corrected chi connectivity index (χ3v) is 2.44. The van der Waals surface area contributed by atoms with Crippen LogP contribution in [-0.2, 0) is 0 Å². The van der Waals surface area contributed by atoms with E-state index in [1.165, 1.54) is 24.5 Å². The summed E-state index contributed by atoms with van der Waals surface area (Å²) in [4.78, 5) is 7.57. The van der Waals surface area contributed by atoms with Crippen LogP contribution < -0.4 is 10.5 Å². The standard InChI is InChI=1S/C11H9ClFN3O/c1-6-4-7(13)2-3-8(6)17-11-9(14)10(12)15-5-16-11/h2-5H,14H2,1H3. The molecule has 2 rings (SSSR count). The zero-order valence-corrected chi connectivity index (χ0v) is 9.70. The van der Waals surface area contributed by atoms with Crippen molar-refractivity contribution in [1.82, 2.24) is 9.97 Å². The number of anilines is 1. The lowest BCUT2D eigenvalue weighted by molar-refractivity contribution is 0.459. The molecule has 0 aliphatic rings. The van der Waals surface area contributed by atoms with Crippen LogP contribution in [0.1, 0.15) is 5.56 Å². The second-order valence-electron chi connectivity index (χ2n) is 3.40. The van der Waals surface area contributed by atoms with Crippen molar-refractivity contribution in [3.8, 4) is 11.6 Å². The third-order valence-electron chi connectivity index (χ3n) is 2.14. The predicted molar refractivity (Wildman–Crippen MR) is 62.7 cm³/mol. The summed E-state index contributed by atoms with van der Waals surface area (Å²) >= 11 is 5.73. The van der Waals surface area contributed by atoms with Crippen molar-refractivity contribution in [2.24, 2.45) is 0 Å². The summed E-state index contributed by atoms with van der Waals surface area (Å²) in [7, 11) is 0. The summed E-state index contributed by atoms with van der Waals surface area (Å²) in [6.45, 7) is 1.72. The summed E-state index contributed by atoms with van der Waals surface area (Å²) in [5.41, 5.74) is 6.44. The molecule has 0 spiro atoms. The molecular formula is C11H9ClFN3O. The summed E-state index contributed by atoms with van der Waals surface area (Å²) in [5.74, 6) is 0.288. The van der Waals surface area contributed by atoms with Crippen LogP contribution >= 0.6 is 11.6 Å². The predicted octanol–water partition coefficient (Wildman–Crippen LogP) is 2.95. The number of aromatic nitrogens is 2. The molecule has 1 aromatic heterocycles. The van der Waals surface area contributed by atoms with Crippen LogP contribution in [0.15, 0.2) is 24.5 Å². The number of nitrogens with two attached hydrogens (primary N) is 1. The molecule has 0 saturated carbocycles. The molecule has 4 nitrogen and oxygen atoms in total. The molecule has 0 aliphatic heterocycles. The van der Waals surface area contributed by atoms with E-state index in [0.29, 0.717) is 11.3 Å². The average Bonchev–Trinajstić information content (AvgIpc) is 2.28. The van der Waals surface area contributed by atoms with Crippen molar-refractivity contribution in [2.45, 2.75) is 6.92 Å². The van der Waals surface area contributed by atoms with Gasteiger partial charge in [-0.1, -0.05) is 11.6 Å². The minimum atomic E-state index is -0.330. The Morgan fingerprint density at radius 2 is 2.12 bits per heavy atom. The maximum Gasteiger partial charge on any atom is 0.247 e. The molecule has 0 radical (unpaired) electrons. The molecule has 0 aliphatic carbocycles. The fourth-order valence-electron chi connectivity index (χ4n) is 1.27. The van der Waals surface area contributed by atoms with Crippen molar-refractivity contribution < 1.29 is 9.13 Å². The Bertz CT molecular complexity index is 562. The highest BCUT2D eigenvalue weighted by atomic mass is 35.5. The van der Waals surface area contributed by atoms with Crippen molar-refractivity contribution in [3.63, 3.8) is 0 Å². The first-order valence-corrected chi connectivity index (χ1v) is 5.15. The molecule has 0 bridgehead atoms. The van der Waals surface area contributed by atoms with E-state index < -0.39 is 0 Å². The molecule has 17 heavy (non-hydrogen) atoms. The number of hydrogen-bond donors (Lipinski definition) is 1. The van der Waals surface area contributed by atoms with E-state index in [9.17, 15) is 4.39 Å². The monoisotopic (exact) mass is 253 g/mol. The molecule has 1 heterocycles. The lowest BCUT2D eigenvalue weighted by Gasteiger charge is -2.09. The van der Waals surface area contributed by atoms with Gasteiger partial charge in [0.05, 0.1) is 0 Å². The van der Waals surface area contributed by atoms with Crippen molar-refractivity contribution >= 4 is 17.3 Å². The third kappa shape index (κ3) is 2.45. The molecule has 0 atom stereocenters. The smallest absolute Gasteiger partial charge is 0.247 e. The molecule has 2 aromatic rings. The van der Waals surface area contributed by atoms with Gasteiger partial charge >= 0.3 is 0 Å². The number of hydrogen-bond acceptors (Lipinski definition) is 4. The Balaban J connectivity index is 2.35. The van der Waals surface area contributed by atoms with Crippen LogP contribution in [0.5, 0.6) is 11.6 Å². The fourth-order valence-corrected chi connectivity index (χ4v) is 1.40. The Morgan fingerprint density at radius 1 is 1.35 bits per heavy atom. The lowest BCUT2D eigenvalue weighted by atomic mass is 10.2. The van der Waals surface area contributed by atoms with E-state index in [-0.39, 0.29) is 22.5 Å². The highest BCUT2D eigenvalue weighted by Gasteiger charge is 2.10. The first-order chi connectivity index (χ1) is 8.08. The lowest BCUT2D eigenvalue weighted by Crippen LogP contribution is -1.98. The molecule has 0 amide bonds. The van der Waals surface area contributed by atoms with E-state index in [2.05, 4.69) is 9.97 Å². The van der Waals surface area contributed by atoms with Crippen molar-refractivity contribution in [3.05, 3.63) is 41.1 Å². The van der Waals surface area contributed by atoms with Crippen molar-refractivity contribution in [2.75, 3.05) is 5.73 Å². The molecule has 0 fully saturated rings. The summed E-state index contributed by atoms with van der Waals surface area (Å²) < 4.78 is 18.4. The summed E-state index contributed by atoms with van der Waals surface area (Å²) in [6, 6.07) is 4.15. The molecule has 88 valence electrons. The SMILES string of the molecule is Cc1cc(F)ccc1Oc1ncnc(Cl)c1N. The van der Waals surface area contributed by atoms with Gasteiger partial charge < -0.3 is 10.5 Å². The number of nitrogens with zero attached hydrogens (tertiary/aromatic N) is 2. The maximum absolute atomic E-state index is 12.9. The average molecular weight is 254 g/mol. The topological polar surface area (TPSA) is 61.0 Å². The Morgan fingerprint density at radius 3 is 2.82 bits per heavy atom.